The number of nitrogens with zero attached hydrogens (tertiary/aromatic N) is 4. The number of nitrogens with one attached hydrogen (secondary N) is 1. The smallest absolute Gasteiger partial charge is 0.465 e. The summed E-state index contributed by atoms with van der Waals surface area (Å²) in [4.78, 5) is 37.5. The number of carbonyl (C=O) groups is 2. The van der Waals surface area contributed by atoms with Gasteiger partial charge in [0.25, 0.3) is 5.56 Å². The summed E-state index contributed by atoms with van der Waals surface area (Å²) in [7, 11) is 1.28. The Morgan fingerprint density at radius 2 is 1.81 bits per heavy atom. The summed E-state index contributed by atoms with van der Waals surface area (Å²) < 4.78 is 6.40. The molecule has 0 spiro atoms. The molecule has 0 saturated heterocycles. The number of benzene rings is 2. The number of aromatic amines is 1. The molecule has 0 fully saturated rings. The Bertz CT molecular complexity index is 1470. The zero-order valence-corrected chi connectivity index (χ0v) is 24.1. The molecule has 0 radical (unpaired) electrons. The minimum Gasteiger partial charge on any atom is -0.465 e. The number of aryl methyl sites for hydroxylation is 1. The fourth-order valence-corrected chi connectivity index (χ4v) is 4.13. The van der Waals surface area contributed by atoms with Crippen LogP contribution in [-0.4, -0.2) is 44.2 Å². The molecule has 2 aromatic heterocycles. The molecule has 0 aliphatic rings. The van der Waals surface area contributed by atoms with Crippen molar-refractivity contribution in [3.63, 3.8) is 0 Å². The number of H-pyrrole nitrogens is 1. The molecule has 11 heteroatoms. The van der Waals surface area contributed by atoms with Crippen LogP contribution < -0.4 is 62.7 Å². The van der Waals surface area contributed by atoms with E-state index in [-0.39, 0.29) is 69.1 Å². The number of unbranched alkanes of at least 4 members (excludes halogenated alkanes) is 1. The molecule has 0 bridgehead atoms. The third kappa shape index (κ3) is 6.49. The molecule has 4 aromatic rings. The molecule has 10 nitrogen and oxygen atoms in total. The summed E-state index contributed by atoms with van der Waals surface area (Å²) in [5.41, 5.74) is 9.44. The van der Waals surface area contributed by atoms with Crippen molar-refractivity contribution in [1.29, 1.82) is 0 Å². The molecule has 1 amide bonds. The van der Waals surface area contributed by atoms with Crippen LogP contribution in [0.1, 0.15) is 51.7 Å². The molecule has 0 atom stereocenters. The Balaban J connectivity index is 0.00000380. The van der Waals surface area contributed by atoms with Crippen molar-refractivity contribution in [2.24, 2.45) is 5.73 Å². The number of tetrazole rings is 1. The molecule has 0 unspecified atom stereocenters. The van der Waals surface area contributed by atoms with Crippen LogP contribution in [0.5, 0.6) is 0 Å². The molecule has 0 aliphatic heterocycles. The summed E-state index contributed by atoms with van der Waals surface area (Å²) in [6, 6.07) is 15.7. The van der Waals surface area contributed by atoms with E-state index in [0.717, 1.165) is 29.7 Å². The molecular weight excluding hydrogens is 499 g/mol. The number of ether oxygens (including phenoxy) is 1. The van der Waals surface area contributed by atoms with Crippen LogP contribution in [0.3, 0.4) is 0 Å². The van der Waals surface area contributed by atoms with E-state index in [2.05, 4.69) is 27.5 Å². The van der Waals surface area contributed by atoms with Gasteiger partial charge in [-0.05, 0) is 46.9 Å². The topological polar surface area (TPSA) is 146 Å². The number of amides is 1. The number of rotatable bonds is 9. The van der Waals surface area contributed by atoms with E-state index >= 15 is 0 Å². The van der Waals surface area contributed by atoms with Gasteiger partial charge in [-0.1, -0.05) is 49.7 Å². The van der Waals surface area contributed by atoms with Gasteiger partial charge in [-0.3, -0.25) is 9.59 Å². The molecule has 2 heterocycles. The van der Waals surface area contributed by atoms with Crippen LogP contribution in [0.2, 0.25) is 0 Å². The van der Waals surface area contributed by atoms with Crippen molar-refractivity contribution in [3.8, 4) is 22.5 Å². The van der Waals surface area contributed by atoms with Crippen LogP contribution >= 0.6 is 0 Å². The summed E-state index contributed by atoms with van der Waals surface area (Å²) in [5.74, 6) is -0.769. The van der Waals surface area contributed by atoms with Gasteiger partial charge in [0.1, 0.15) is 0 Å². The number of aromatic nitrogens is 5. The van der Waals surface area contributed by atoms with Crippen LogP contribution in [0.25, 0.3) is 22.5 Å². The number of carbonyl (C=O) groups excluding carboxylic acids is 2. The Kier molecular flexibility index (Phi) is 10.1. The molecule has 184 valence electrons. The molecule has 3 N–H and O–H groups in total. The number of pyridine rings is 1. The van der Waals surface area contributed by atoms with Crippen molar-refractivity contribution < 1.29 is 65.7 Å². The number of hydrogen-bond donors (Lipinski definition) is 2. The predicted molar refractivity (Wildman–Crippen MR) is 133 cm³/mol. The van der Waals surface area contributed by atoms with Crippen LogP contribution in [0.15, 0.2) is 59.4 Å². The summed E-state index contributed by atoms with van der Waals surface area (Å²) in [6.07, 6.45) is 2.40. The molecule has 4 rings (SSSR count). The maximum atomic E-state index is 13.0. The number of methoxy groups -OCH3 is 1. The summed E-state index contributed by atoms with van der Waals surface area (Å²) >= 11 is 0. The second-order valence-electron chi connectivity index (χ2n) is 8.28. The minimum atomic E-state index is -0.602. The van der Waals surface area contributed by atoms with Gasteiger partial charge in [-0.15, -0.1) is 10.2 Å². The second-order valence-corrected chi connectivity index (χ2v) is 8.28. The van der Waals surface area contributed by atoms with Crippen molar-refractivity contribution >= 4 is 11.9 Å². The zero-order valence-electron chi connectivity index (χ0n) is 21.0. The monoisotopic (exact) mass is 525 g/mol. The van der Waals surface area contributed by atoms with Crippen molar-refractivity contribution in [3.05, 3.63) is 87.3 Å². The van der Waals surface area contributed by atoms with E-state index in [0.29, 0.717) is 28.9 Å². The average Bonchev–Trinajstić information content (AvgIpc) is 3.43. The minimum absolute atomic E-state index is 0. The normalized spacial score (nSPS) is 10.5. The maximum Gasteiger partial charge on any atom is 1.00 e. The standard InChI is InChI=1S/C26H26N6O4.K/c1-3-4-7-18-13-17(26(35)36-2)14-23(33)32(18)15-16-10-11-20(22(12-16)24(27)34)19-8-5-6-9-21(19)25-28-30-31-29-25;/h5-6,8-14H,3-4,7,15H2,1-2H3,(H2,27,34)(H,28,29,30,31);/q;+1. The fraction of sp³-hybridized carbons (Fsp3) is 0.231. The summed E-state index contributed by atoms with van der Waals surface area (Å²) in [6.45, 7) is 2.27. The second kappa shape index (κ2) is 13.0. The van der Waals surface area contributed by atoms with Gasteiger partial charge in [0.05, 0.1) is 19.2 Å². The SMILES string of the molecule is CCCCc1cc(C(=O)OC)cc(=O)n1Cc1ccc(-c2ccccc2-c2nn[nH]n2)c(C(N)=O)c1.[K+]. The number of nitrogens with two attached hydrogens (primary N) is 1. The predicted octanol–water partition coefficient (Wildman–Crippen LogP) is -0.0242. The summed E-state index contributed by atoms with van der Waals surface area (Å²) in [5, 5.41) is 14.2. The first kappa shape index (κ1) is 28.6. The number of primary amides is 1. The van der Waals surface area contributed by atoms with Gasteiger partial charge in [-0.2, -0.15) is 5.21 Å². The average molecular weight is 526 g/mol. The van der Waals surface area contributed by atoms with E-state index in [1.807, 2.05) is 30.3 Å². The van der Waals surface area contributed by atoms with Crippen molar-refractivity contribution in [1.82, 2.24) is 25.2 Å². The quantitative estimate of drug-likeness (QED) is 0.231. The van der Waals surface area contributed by atoms with E-state index in [1.165, 1.54) is 13.2 Å². The van der Waals surface area contributed by atoms with Crippen molar-refractivity contribution in [2.75, 3.05) is 7.11 Å². The van der Waals surface area contributed by atoms with Gasteiger partial charge in [0.15, 0.2) is 0 Å². The Morgan fingerprint density at radius 1 is 1.05 bits per heavy atom. The van der Waals surface area contributed by atoms with E-state index in [1.54, 1.807) is 22.8 Å². The first-order chi connectivity index (χ1) is 17.4. The Hall–Kier alpha value is -2.96. The maximum absolute atomic E-state index is 13.0. The Labute approximate surface area is 256 Å². The third-order valence-corrected chi connectivity index (χ3v) is 5.91. The number of esters is 1. The zero-order chi connectivity index (χ0) is 25.7. The van der Waals surface area contributed by atoms with Gasteiger partial charge >= 0.3 is 57.4 Å². The molecule has 37 heavy (non-hydrogen) atoms. The van der Waals surface area contributed by atoms with E-state index in [4.69, 9.17) is 10.5 Å². The molecule has 0 aliphatic carbocycles. The van der Waals surface area contributed by atoms with E-state index < -0.39 is 11.9 Å². The van der Waals surface area contributed by atoms with E-state index in [9.17, 15) is 14.4 Å². The largest absolute Gasteiger partial charge is 1.00 e. The molecule has 0 saturated carbocycles. The first-order valence-corrected chi connectivity index (χ1v) is 11.5. The van der Waals surface area contributed by atoms with Gasteiger partial charge in [0.2, 0.25) is 11.7 Å². The third-order valence-electron chi connectivity index (χ3n) is 5.91. The first-order valence-electron chi connectivity index (χ1n) is 11.5. The molecular formula is C26H26KN6O4+. The van der Waals surface area contributed by atoms with Crippen LogP contribution in [-0.2, 0) is 17.7 Å². The number of hydrogen-bond acceptors (Lipinski definition) is 7. The Morgan fingerprint density at radius 3 is 2.46 bits per heavy atom. The van der Waals surface area contributed by atoms with Crippen LogP contribution in [0, 0.1) is 0 Å². The van der Waals surface area contributed by atoms with Gasteiger partial charge < -0.3 is 15.0 Å². The van der Waals surface area contributed by atoms with Gasteiger partial charge in [0, 0.05) is 22.9 Å². The fourth-order valence-electron chi connectivity index (χ4n) is 4.13. The van der Waals surface area contributed by atoms with Crippen molar-refractivity contribution in [2.45, 2.75) is 32.7 Å². The van der Waals surface area contributed by atoms with Crippen LogP contribution in [0.4, 0.5) is 0 Å². The van der Waals surface area contributed by atoms with Gasteiger partial charge in [-0.25, -0.2) is 4.79 Å². The molecule has 2 aromatic carbocycles.